The Bertz CT molecular complexity index is 518. The van der Waals surface area contributed by atoms with Gasteiger partial charge in [0.05, 0.1) is 11.0 Å². The van der Waals surface area contributed by atoms with Gasteiger partial charge in [0.1, 0.15) is 0 Å². The molecule has 1 N–H and O–H groups in total. The maximum atomic E-state index is 4.65. The first kappa shape index (κ1) is 11.0. The lowest BCUT2D eigenvalue weighted by atomic mass is 9.86. The Morgan fingerprint density at radius 1 is 1.25 bits per heavy atom. The summed E-state index contributed by atoms with van der Waals surface area (Å²) in [5.41, 5.74) is 3.69. The number of imidazole rings is 1. The first-order chi connectivity index (χ1) is 7.45. The van der Waals surface area contributed by atoms with Crippen LogP contribution in [0.4, 0.5) is 5.95 Å². The van der Waals surface area contributed by atoms with Gasteiger partial charge in [-0.15, -0.1) is 0 Å². The molecule has 0 amide bonds. The third kappa shape index (κ3) is 1.56. The number of aryl methyl sites for hydroxylation is 1. The van der Waals surface area contributed by atoms with E-state index >= 15 is 0 Å². The van der Waals surface area contributed by atoms with Crippen molar-refractivity contribution in [2.45, 2.75) is 26.2 Å². The van der Waals surface area contributed by atoms with Crippen molar-refractivity contribution in [3.05, 3.63) is 23.8 Å². The summed E-state index contributed by atoms with van der Waals surface area (Å²) in [7, 11) is 3.94. The molecule has 0 unspecified atom stereocenters. The second-order valence-corrected chi connectivity index (χ2v) is 5.17. The smallest absolute Gasteiger partial charge is 0.203 e. The Kier molecular flexibility index (Phi) is 2.41. The summed E-state index contributed by atoms with van der Waals surface area (Å²) in [5, 5.41) is 3.12. The minimum absolute atomic E-state index is 0.124. The molecule has 0 bridgehead atoms. The average molecular weight is 217 g/mol. The first-order valence-corrected chi connectivity index (χ1v) is 5.59. The minimum Gasteiger partial charge on any atom is -0.359 e. The Morgan fingerprint density at radius 2 is 1.94 bits per heavy atom. The van der Waals surface area contributed by atoms with Crippen molar-refractivity contribution < 1.29 is 0 Å². The Labute approximate surface area is 96.5 Å². The molecule has 86 valence electrons. The molecule has 1 aromatic heterocycles. The number of nitrogens with zero attached hydrogens (tertiary/aromatic N) is 2. The maximum Gasteiger partial charge on any atom is 0.203 e. The van der Waals surface area contributed by atoms with Crippen LogP contribution in [-0.2, 0) is 12.5 Å². The van der Waals surface area contributed by atoms with Gasteiger partial charge in [-0.2, -0.15) is 0 Å². The van der Waals surface area contributed by atoms with Gasteiger partial charge in [0.25, 0.3) is 0 Å². The number of aromatic nitrogens is 2. The number of fused-ring (bicyclic) bond motifs is 1. The summed E-state index contributed by atoms with van der Waals surface area (Å²) in [5.74, 6) is 0.909. The largest absolute Gasteiger partial charge is 0.359 e. The fourth-order valence-electron chi connectivity index (χ4n) is 2.04. The van der Waals surface area contributed by atoms with Crippen LogP contribution in [0.5, 0.6) is 0 Å². The van der Waals surface area contributed by atoms with Crippen LogP contribution in [0.2, 0.25) is 0 Å². The summed E-state index contributed by atoms with van der Waals surface area (Å²) in [6, 6.07) is 6.37. The molecule has 1 heterocycles. The average Bonchev–Trinajstić information content (AvgIpc) is 2.54. The molecule has 0 saturated heterocycles. The first-order valence-electron chi connectivity index (χ1n) is 5.59. The third-order valence-corrected chi connectivity index (χ3v) is 2.94. The number of para-hydroxylation sites is 1. The summed E-state index contributed by atoms with van der Waals surface area (Å²) in [6.07, 6.45) is 0. The van der Waals surface area contributed by atoms with Crippen LogP contribution in [0.3, 0.4) is 0 Å². The minimum atomic E-state index is 0.124. The second-order valence-electron chi connectivity index (χ2n) is 5.17. The van der Waals surface area contributed by atoms with Crippen molar-refractivity contribution in [1.82, 2.24) is 9.55 Å². The molecule has 0 saturated carbocycles. The molecule has 0 spiro atoms. The van der Waals surface area contributed by atoms with E-state index in [1.807, 2.05) is 14.1 Å². The highest BCUT2D eigenvalue weighted by Gasteiger charge is 2.19. The van der Waals surface area contributed by atoms with Gasteiger partial charge in [-0.05, 0) is 17.0 Å². The van der Waals surface area contributed by atoms with E-state index in [4.69, 9.17) is 0 Å². The van der Waals surface area contributed by atoms with Crippen molar-refractivity contribution in [1.29, 1.82) is 0 Å². The van der Waals surface area contributed by atoms with Gasteiger partial charge in [0.2, 0.25) is 5.95 Å². The van der Waals surface area contributed by atoms with Crippen LogP contribution in [0, 0.1) is 0 Å². The van der Waals surface area contributed by atoms with Crippen molar-refractivity contribution in [3.8, 4) is 0 Å². The summed E-state index contributed by atoms with van der Waals surface area (Å²) in [6.45, 7) is 6.65. The highest BCUT2D eigenvalue weighted by atomic mass is 15.2. The van der Waals surface area contributed by atoms with Gasteiger partial charge >= 0.3 is 0 Å². The van der Waals surface area contributed by atoms with Crippen LogP contribution in [0.25, 0.3) is 11.0 Å². The monoisotopic (exact) mass is 217 g/mol. The molecule has 0 atom stereocenters. The van der Waals surface area contributed by atoms with Gasteiger partial charge in [-0.25, -0.2) is 4.98 Å². The molecule has 0 radical (unpaired) electrons. The maximum absolute atomic E-state index is 4.65. The Hall–Kier alpha value is -1.51. The van der Waals surface area contributed by atoms with Crippen LogP contribution in [-0.4, -0.2) is 16.6 Å². The zero-order valence-corrected chi connectivity index (χ0v) is 10.6. The van der Waals surface area contributed by atoms with Crippen molar-refractivity contribution >= 4 is 17.0 Å². The quantitative estimate of drug-likeness (QED) is 0.796. The van der Waals surface area contributed by atoms with E-state index < -0.39 is 0 Å². The number of rotatable bonds is 1. The standard InChI is InChI=1S/C13H19N3/c1-13(2,3)9-7-6-8-10-11(9)15-12(14-4)16(10)5/h6-8H,1-5H3,(H,14,15). The molecule has 3 nitrogen and oxygen atoms in total. The number of hydrogen-bond donors (Lipinski definition) is 1. The Balaban J connectivity index is 2.79. The molecule has 1 aromatic carbocycles. The van der Waals surface area contributed by atoms with E-state index in [9.17, 15) is 0 Å². The van der Waals surface area contributed by atoms with Gasteiger partial charge in [-0.1, -0.05) is 32.9 Å². The van der Waals surface area contributed by atoms with Crippen molar-refractivity contribution in [2.75, 3.05) is 12.4 Å². The normalized spacial score (nSPS) is 12.1. The molecule has 3 heteroatoms. The molecule has 0 aliphatic carbocycles. The topological polar surface area (TPSA) is 29.9 Å². The summed E-state index contributed by atoms with van der Waals surface area (Å²) >= 11 is 0. The van der Waals surface area contributed by atoms with Gasteiger partial charge in [-0.3, -0.25) is 0 Å². The van der Waals surface area contributed by atoms with Crippen molar-refractivity contribution in [3.63, 3.8) is 0 Å². The van der Waals surface area contributed by atoms with Crippen LogP contribution >= 0.6 is 0 Å². The molecular weight excluding hydrogens is 198 g/mol. The predicted molar refractivity (Wildman–Crippen MR) is 69.0 cm³/mol. The SMILES string of the molecule is CNc1nc2c(C(C)(C)C)cccc2n1C. The lowest BCUT2D eigenvalue weighted by molar-refractivity contribution is 0.595. The van der Waals surface area contributed by atoms with E-state index in [-0.39, 0.29) is 5.41 Å². The number of hydrogen-bond acceptors (Lipinski definition) is 2. The number of benzene rings is 1. The van der Waals surface area contributed by atoms with Crippen LogP contribution in [0.15, 0.2) is 18.2 Å². The Morgan fingerprint density at radius 3 is 2.50 bits per heavy atom. The molecule has 2 rings (SSSR count). The summed E-state index contributed by atoms with van der Waals surface area (Å²) in [4.78, 5) is 4.65. The third-order valence-electron chi connectivity index (χ3n) is 2.94. The fraction of sp³-hybridized carbons (Fsp3) is 0.462. The number of nitrogens with one attached hydrogen (secondary N) is 1. The molecule has 2 aromatic rings. The van der Waals surface area contributed by atoms with Crippen molar-refractivity contribution in [2.24, 2.45) is 7.05 Å². The van der Waals surface area contributed by atoms with Crippen LogP contribution in [0.1, 0.15) is 26.3 Å². The van der Waals surface area contributed by atoms with E-state index in [2.05, 4.69) is 53.8 Å². The fourth-order valence-corrected chi connectivity index (χ4v) is 2.04. The highest BCUT2D eigenvalue weighted by Crippen LogP contribution is 2.30. The molecule has 16 heavy (non-hydrogen) atoms. The number of anilines is 1. The van der Waals surface area contributed by atoms with Crippen LogP contribution < -0.4 is 5.32 Å². The van der Waals surface area contributed by atoms with Gasteiger partial charge < -0.3 is 9.88 Å². The molecule has 0 aliphatic rings. The van der Waals surface area contributed by atoms with E-state index in [0.29, 0.717) is 0 Å². The molecule has 0 fully saturated rings. The second kappa shape index (κ2) is 3.51. The van der Waals surface area contributed by atoms with Gasteiger partial charge in [0, 0.05) is 14.1 Å². The zero-order valence-electron chi connectivity index (χ0n) is 10.6. The van der Waals surface area contributed by atoms with E-state index in [1.165, 1.54) is 11.1 Å². The highest BCUT2D eigenvalue weighted by molar-refractivity contribution is 5.82. The van der Waals surface area contributed by atoms with E-state index in [0.717, 1.165) is 11.5 Å². The zero-order chi connectivity index (χ0) is 11.9. The van der Waals surface area contributed by atoms with E-state index in [1.54, 1.807) is 0 Å². The molecular formula is C13H19N3. The van der Waals surface area contributed by atoms with Gasteiger partial charge in [0.15, 0.2) is 0 Å². The lowest BCUT2D eigenvalue weighted by Gasteiger charge is -2.19. The molecule has 0 aliphatic heterocycles. The predicted octanol–water partition coefficient (Wildman–Crippen LogP) is 2.91. The lowest BCUT2D eigenvalue weighted by Crippen LogP contribution is -2.11. The summed E-state index contributed by atoms with van der Waals surface area (Å²) < 4.78 is 2.09.